The van der Waals surface area contributed by atoms with Crippen molar-refractivity contribution in [2.24, 2.45) is 0 Å². The van der Waals surface area contributed by atoms with Crippen molar-refractivity contribution < 1.29 is 28.9 Å². The lowest BCUT2D eigenvalue weighted by atomic mass is 9.96. The minimum atomic E-state index is -1.09. The maximum absolute atomic E-state index is 13.2. The van der Waals surface area contributed by atoms with E-state index in [1.54, 1.807) is 18.2 Å². The summed E-state index contributed by atoms with van der Waals surface area (Å²) in [7, 11) is 3.07. The fraction of sp³-hybridized carbons (Fsp3) is 0.333. The Hall–Kier alpha value is -3.06. The van der Waals surface area contributed by atoms with Gasteiger partial charge >= 0.3 is 5.97 Å². The number of aliphatic carboxylic acids is 1. The van der Waals surface area contributed by atoms with E-state index >= 15 is 0 Å². The number of nitrogens with zero attached hydrogens (tertiary/aromatic N) is 1. The molecule has 2 aromatic carbocycles. The first-order chi connectivity index (χ1) is 13.5. The highest BCUT2D eigenvalue weighted by Crippen LogP contribution is 2.30. The van der Waals surface area contributed by atoms with Crippen LogP contribution in [0, 0.1) is 0 Å². The highest BCUT2D eigenvalue weighted by Gasteiger charge is 2.32. The molecule has 0 saturated carbocycles. The van der Waals surface area contributed by atoms with E-state index in [9.17, 15) is 14.7 Å². The van der Waals surface area contributed by atoms with Crippen molar-refractivity contribution in [2.75, 3.05) is 27.4 Å². The molecule has 0 bridgehead atoms. The first kappa shape index (κ1) is 19.7. The van der Waals surface area contributed by atoms with Gasteiger partial charge in [-0.2, -0.15) is 0 Å². The Morgan fingerprint density at radius 2 is 1.82 bits per heavy atom. The molecule has 0 aliphatic carbocycles. The molecule has 7 nitrogen and oxygen atoms in total. The molecule has 28 heavy (non-hydrogen) atoms. The molecule has 0 fully saturated rings. The van der Waals surface area contributed by atoms with Crippen LogP contribution in [0.5, 0.6) is 11.5 Å². The van der Waals surface area contributed by atoms with E-state index in [1.807, 2.05) is 24.3 Å². The third-order valence-electron chi connectivity index (χ3n) is 4.64. The van der Waals surface area contributed by atoms with E-state index in [0.717, 1.165) is 17.5 Å². The average Bonchev–Trinajstić information content (AvgIpc) is 2.71. The molecule has 0 radical (unpaired) electrons. The lowest BCUT2D eigenvalue weighted by molar-refractivity contribution is -0.152. The Morgan fingerprint density at radius 3 is 2.46 bits per heavy atom. The summed E-state index contributed by atoms with van der Waals surface area (Å²) in [5.41, 5.74) is 2.54. The highest BCUT2D eigenvalue weighted by atomic mass is 16.5. The second kappa shape index (κ2) is 8.75. The van der Waals surface area contributed by atoms with Crippen molar-refractivity contribution in [1.82, 2.24) is 4.90 Å². The van der Waals surface area contributed by atoms with Gasteiger partial charge in [-0.25, -0.2) is 0 Å². The zero-order valence-corrected chi connectivity index (χ0v) is 15.9. The van der Waals surface area contributed by atoms with Crippen LogP contribution in [0.2, 0.25) is 0 Å². The number of hydrogen-bond donors (Lipinski definition) is 1. The number of carbonyl (C=O) groups excluding carboxylic acids is 1. The topological polar surface area (TPSA) is 85.3 Å². The molecule has 1 N–H and O–H groups in total. The predicted molar refractivity (Wildman–Crippen MR) is 101 cm³/mol. The van der Waals surface area contributed by atoms with E-state index in [0.29, 0.717) is 23.7 Å². The molecule has 0 aromatic heterocycles. The van der Waals surface area contributed by atoms with Crippen LogP contribution in [0.15, 0.2) is 42.5 Å². The van der Waals surface area contributed by atoms with Crippen LogP contribution in [-0.2, 0) is 27.3 Å². The Kier molecular flexibility index (Phi) is 6.16. The molecule has 1 aliphatic rings. The van der Waals surface area contributed by atoms with Gasteiger partial charge in [0.2, 0.25) is 0 Å². The molecular weight excluding hydrogens is 362 g/mol. The van der Waals surface area contributed by atoms with E-state index in [1.165, 1.54) is 19.1 Å². The Morgan fingerprint density at radius 1 is 1.14 bits per heavy atom. The van der Waals surface area contributed by atoms with E-state index < -0.39 is 18.6 Å². The van der Waals surface area contributed by atoms with Gasteiger partial charge < -0.3 is 24.2 Å². The summed E-state index contributed by atoms with van der Waals surface area (Å²) in [5.74, 6) is -0.337. The first-order valence-corrected chi connectivity index (χ1v) is 8.93. The van der Waals surface area contributed by atoms with Crippen LogP contribution in [0.25, 0.3) is 0 Å². The van der Waals surface area contributed by atoms with E-state index in [4.69, 9.17) is 14.2 Å². The lowest BCUT2D eigenvalue weighted by Crippen LogP contribution is -2.40. The summed E-state index contributed by atoms with van der Waals surface area (Å²) in [6.07, 6.45) is -0.0804. The van der Waals surface area contributed by atoms with E-state index in [-0.39, 0.29) is 12.5 Å². The molecule has 1 unspecified atom stereocenters. The van der Waals surface area contributed by atoms with Crippen LogP contribution in [0.4, 0.5) is 0 Å². The molecule has 0 spiro atoms. The number of benzene rings is 2. The molecule has 1 heterocycles. The van der Waals surface area contributed by atoms with Gasteiger partial charge in [0, 0.05) is 12.6 Å². The minimum Gasteiger partial charge on any atom is -0.497 e. The van der Waals surface area contributed by atoms with Gasteiger partial charge in [-0.15, -0.1) is 0 Å². The van der Waals surface area contributed by atoms with Gasteiger partial charge in [-0.1, -0.05) is 24.3 Å². The Balaban J connectivity index is 1.89. The summed E-state index contributed by atoms with van der Waals surface area (Å²) in [4.78, 5) is 25.9. The summed E-state index contributed by atoms with van der Waals surface area (Å²) >= 11 is 0. The largest absolute Gasteiger partial charge is 0.497 e. The molecule has 3 rings (SSSR count). The summed E-state index contributed by atoms with van der Waals surface area (Å²) < 4.78 is 16.2. The van der Waals surface area contributed by atoms with Crippen molar-refractivity contribution in [3.63, 3.8) is 0 Å². The number of hydrogen-bond acceptors (Lipinski definition) is 5. The van der Waals surface area contributed by atoms with Crippen molar-refractivity contribution in [3.05, 3.63) is 59.2 Å². The molecule has 7 heteroatoms. The van der Waals surface area contributed by atoms with Crippen LogP contribution in [0.3, 0.4) is 0 Å². The fourth-order valence-electron chi connectivity index (χ4n) is 3.32. The predicted octanol–water partition coefficient (Wildman–Crippen LogP) is 2.43. The normalized spacial score (nSPS) is 15.4. The number of methoxy groups -OCH3 is 2. The van der Waals surface area contributed by atoms with Crippen molar-refractivity contribution in [2.45, 2.75) is 19.1 Å². The fourth-order valence-corrected chi connectivity index (χ4v) is 3.32. The molecule has 0 saturated heterocycles. The minimum absolute atomic E-state index is 0.0979. The molecule has 1 aliphatic heterocycles. The molecule has 1 atom stereocenters. The number of carbonyl (C=O) groups is 2. The van der Waals surface area contributed by atoms with Gasteiger partial charge in [0.25, 0.3) is 5.91 Å². The SMILES string of the molecule is COc1cc(CN(CC(=O)O)C(=O)C2OCCc3ccccc32)cc(OC)c1. The third-order valence-corrected chi connectivity index (χ3v) is 4.64. The first-order valence-electron chi connectivity index (χ1n) is 8.93. The van der Waals surface area contributed by atoms with E-state index in [2.05, 4.69) is 0 Å². The van der Waals surface area contributed by atoms with Gasteiger partial charge in [-0.3, -0.25) is 9.59 Å². The standard InChI is InChI=1S/C21H23NO6/c1-26-16-9-14(10-17(11-16)27-2)12-22(13-19(23)24)21(25)20-18-6-4-3-5-15(18)7-8-28-20/h3-6,9-11,20H,7-8,12-13H2,1-2H3,(H,23,24). The van der Waals surface area contributed by atoms with Crippen LogP contribution < -0.4 is 9.47 Å². The monoisotopic (exact) mass is 385 g/mol. The molecule has 2 aromatic rings. The number of carboxylic acids is 1. The number of rotatable bonds is 7. The number of carboxylic acid groups (broad SMARTS) is 1. The van der Waals surface area contributed by atoms with Crippen molar-refractivity contribution in [1.29, 1.82) is 0 Å². The molecule has 148 valence electrons. The Labute approximate surface area is 163 Å². The van der Waals surface area contributed by atoms with Crippen molar-refractivity contribution in [3.8, 4) is 11.5 Å². The number of ether oxygens (including phenoxy) is 3. The zero-order valence-electron chi connectivity index (χ0n) is 15.9. The maximum atomic E-state index is 13.2. The van der Waals surface area contributed by atoms with Gasteiger partial charge in [-0.05, 0) is 35.2 Å². The van der Waals surface area contributed by atoms with Gasteiger partial charge in [0.1, 0.15) is 18.0 Å². The third kappa shape index (κ3) is 4.43. The average molecular weight is 385 g/mol. The second-order valence-corrected chi connectivity index (χ2v) is 6.51. The lowest BCUT2D eigenvalue weighted by Gasteiger charge is -2.30. The van der Waals surface area contributed by atoms with Crippen LogP contribution in [-0.4, -0.2) is 49.3 Å². The Bertz CT molecular complexity index is 843. The maximum Gasteiger partial charge on any atom is 0.323 e. The highest BCUT2D eigenvalue weighted by molar-refractivity contribution is 5.86. The quantitative estimate of drug-likeness (QED) is 0.788. The summed E-state index contributed by atoms with van der Waals surface area (Å²) in [5, 5.41) is 9.32. The summed E-state index contributed by atoms with van der Waals surface area (Å²) in [6, 6.07) is 12.8. The number of fused-ring (bicyclic) bond motifs is 1. The smallest absolute Gasteiger partial charge is 0.323 e. The van der Waals surface area contributed by atoms with Gasteiger partial charge in [0.05, 0.1) is 20.8 Å². The summed E-state index contributed by atoms with van der Waals surface area (Å²) in [6.45, 7) is 0.0857. The molecule has 1 amide bonds. The van der Waals surface area contributed by atoms with Crippen LogP contribution in [0.1, 0.15) is 22.8 Å². The van der Waals surface area contributed by atoms with Crippen molar-refractivity contribution >= 4 is 11.9 Å². The van der Waals surface area contributed by atoms with Gasteiger partial charge in [0.15, 0.2) is 6.10 Å². The van der Waals surface area contributed by atoms with Crippen LogP contribution >= 0.6 is 0 Å². The second-order valence-electron chi connectivity index (χ2n) is 6.51. The molecular formula is C21H23NO6. The number of amides is 1. The zero-order chi connectivity index (χ0) is 20.1.